The topological polar surface area (TPSA) is 59.8 Å². The van der Waals surface area contributed by atoms with Crippen LogP contribution in [0.4, 0.5) is 5.69 Å². The largest absolute Gasteiger partial charge is 0.324 e. The minimum Gasteiger partial charge on any atom is -0.324 e. The van der Waals surface area contributed by atoms with E-state index in [1.54, 1.807) is 36.1 Å². The highest BCUT2D eigenvalue weighted by atomic mass is 35.5. The summed E-state index contributed by atoms with van der Waals surface area (Å²) in [4.78, 5) is 15.8. The average Bonchev–Trinajstić information content (AvgIpc) is 2.91. The highest BCUT2D eigenvalue weighted by molar-refractivity contribution is 6.31. The minimum atomic E-state index is -0.288. The number of halogens is 2. The summed E-state index contributed by atoms with van der Waals surface area (Å²) in [5.74, 6) is -0.201. The molecule has 1 aromatic heterocycles. The SMILES string of the molecule is CC(CCl)C(=O)Nc1cc(Cl)ccc1-n1cncn1. The molecule has 1 heterocycles. The lowest BCUT2D eigenvalue weighted by molar-refractivity contribution is -0.118. The number of carbonyl (C=O) groups excluding carboxylic acids is 1. The van der Waals surface area contributed by atoms with E-state index in [0.717, 1.165) is 0 Å². The molecule has 1 aromatic carbocycles. The van der Waals surface area contributed by atoms with E-state index < -0.39 is 0 Å². The molecule has 2 aromatic rings. The van der Waals surface area contributed by atoms with Gasteiger partial charge in [0.25, 0.3) is 0 Å². The molecular weight excluding hydrogens is 287 g/mol. The number of rotatable bonds is 4. The molecule has 0 bridgehead atoms. The molecular formula is C12H12Cl2N4O. The molecule has 100 valence electrons. The molecule has 7 heteroatoms. The van der Waals surface area contributed by atoms with E-state index >= 15 is 0 Å². The summed E-state index contributed by atoms with van der Waals surface area (Å²) in [6, 6.07) is 5.15. The number of nitrogens with one attached hydrogen (secondary N) is 1. The van der Waals surface area contributed by atoms with Crippen LogP contribution in [0.2, 0.25) is 5.02 Å². The number of hydrogen-bond donors (Lipinski definition) is 1. The maximum absolute atomic E-state index is 11.9. The van der Waals surface area contributed by atoms with E-state index in [1.165, 1.54) is 6.33 Å². The zero-order chi connectivity index (χ0) is 13.8. The highest BCUT2D eigenvalue weighted by Crippen LogP contribution is 2.24. The predicted octanol–water partition coefficient (Wildman–Crippen LogP) is 2.73. The lowest BCUT2D eigenvalue weighted by atomic mass is 10.2. The molecule has 2 rings (SSSR count). The summed E-state index contributed by atoms with van der Waals surface area (Å²) in [5.41, 5.74) is 1.26. The van der Waals surface area contributed by atoms with E-state index in [0.29, 0.717) is 16.4 Å². The van der Waals surface area contributed by atoms with Gasteiger partial charge in [0.05, 0.1) is 11.4 Å². The normalized spacial score (nSPS) is 12.2. The molecule has 1 N–H and O–H groups in total. The Labute approximate surface area is 120 Å². The Kier molecular flexibility index (Phi) is 4.39. The van der Waals surface area contributed by atoms with Crippen molar-refractivity contribution < 1.29 is 4.79 Å². The highest BCUT2D eigenvalue weighted by Gasteiger charge is 2.14. The first-order chi connectivity index (χ1) is 9.11. The number of nitrogens with zero attached hydrogens (tertiary/aromatic N) is 3. The van der Waals surface area contributed by atoms with Crippen LogP contribution >= 0.6 is 23.2 Å². The van der Waals surface area contributed by atoms with Gasteiger partial charge in [0.2, 0.25) is 5.91 Å². The Balaban J connectivity index is 2.33. The Morgan fingerprint density at radius 2 is 2.32 bits per heavy atom. The molecule has 0 spiro atoms. The quantitative estimate of drug-likeness (QED) is 0.883. The van der Waals surface area contributed by atoms with Crippen LogP contribution < -0.4 is 5.32 Å². The molecule has 1 atom stereocenters. The van der Waals surface area contributed by atoms with E-state index in [4.69, 9.17) is 23.2 Å². The maximum atomic E-state index is 11.9. The molecule has 0 saturated heterocycles. The van der Waals surface area contributed by atoms with Crippen LogP contribution in [0.3, 0.4) is 0 Å². The number of carbonyl (C=O) groups is 1. The van der Waals surface area contributed by atoms with E-state index in [-0.39, 0.29) is 17.7 Å². The molecule has 0 aliphatic rings. The third-order valence-corrected chi connectivity index (χ3v) is 3.26. The standard InChI is InChI=1S/C12H12Cl2N4O/c1-8(5-13)12(19)17-10-4-9(14)2-3-11(10)18-7-15-6-16-18/h2-4,6-8H,5H2,1H3,(H,17,19). The molecule has 0 saturated carbocycles. The van der Waals surface area contributed by atoms with Gasteiger partial charge in [0, 0.05) is 16.8 Å². The predicted molar refractivity (Wildman–Crippen MR) is 74.9 cm³/mol. The summed E-state index contributed by atoms with van der Waals surface area (Å²) in [5, 5.41) is 7.35. The number of hydrogen-bond acceptors (Lipinski definition) is 3. The van der Waals surface area contributed by atoms with Gasteiger partial charge in [-0.05, 0) is 18.2 Å². The molecule has 1 amide bonds. The van der Waals surface area contributed by atoms with Crippen molar-refractivity contribution >= 4 is 34.8 Å². The van der Waals surface area contributed by atoms with Crippen LogP contribution in [0.15, 0.2) is 30.9 Å². The van der Waals surface area contributed by atoms with E-state index in [2.05, 4.69) is 15.4 Å². The molecule has 0 aliphatic carbocycles. The van der Waals surface area contributed by atoms with Crippen molar-refractivity contribution in [3.63, 3.8) is 0 Å². The van der Waals surface area contributed by atoms with Gasteiger partial charge < -0.3 is 5.32 Å². The summed E-state index contributed by atoms with van der Waals surface area (Å²) < 4.78 is 1.55. The van der Waals surface area contributed by atoms with Gasteiger partial charge in [0.15, 0.2) is 0 Å². The summed E-state index contributed by atoms with van der Waals surface area (Å²) in [6.45, 7) is 1.75. The second-order valence-electron chi connectivity index (χ2n) is 4.05. The molecule has 0 aliphatic heterocycles. The summed E-state index contributed by atoms with van der Waals surface area (Å²) in [6.07, 6.45) is 2.96. The first-order valence-corrected chi connectivity index (χ1v) is 6.54. The van der Waals surface area contributed by atoms with Crippen LogP contribution in [0.5, 0.6) is 0 Å². The fraction of sp³-hybridized carbons (Fsp3) is 0.250. The smallest absolute Gasteiger partial charge is 0.228 e. The van der Waals surface area contributed by atoms with Crippen molar-refractivity contribution in [2.75, 3.05) is 11.2 Å². The zero-order valence-electron chi connectivity index (χ0n) is 10.2. The number of alkyl halides is 1. The third-order valence-electron chi connectivity index (χ3n) is 2.56. The Hall–Kier alpha value is -1.59. The minimum absolute atomic E-state index is 0.168. The molecule has 1 unspecified atom stereocenters. The first-order valence-electron chi connectivity index (χ1n) is 5.63. The Morgan fingerprint density at radius 3 is 2.95 bits per heavy atom. The Bertz CT molecular complexity index is 571. The van der Waals surface area contributed by atoms with Gasteiger partial charge in [-0.2, -0.15) is 5.10 Å². The molecule has 19 heavy (non-hydrogen) atoms. The van der Waals surface area contributed by atoms with Crippen molar-refractivity contribution in [2.24, 2.45) is 5.92 Å². The lowest BCUT2D eigenvalue weighted by Gasteiger charge is -2.13. The molecule has 0 radical (unpaired) electrons. The van der Waals surface area contributed by atoms with Crippen molar-refractivity contribution in [1.82, 2.24) is 14.8 Å². The lowest BCUT2D eigenvalue weighted by Crippen LogP contribution is -2.22. The van der Waals surface area contributed by atoms with Crippen LogP contribution in [-0.4, -0.2) is 26.6 Å². The number of benzene rings is 1. The van der Waals surface area contributed by atoms with E-state index in [1.807, 2.05) is 0 Å². The maximum Gasteiger partial charge on any atom is 0.228 e. The summed E-state index contributed by atoms with van der Waals surface area (Å²) in [7, 11) is 0. The third kappa shape index (κ3) is 3.24. The fourth-order valence-electron chi connectivity index (χ4n) is 1.47. The second-order valence-corrected chi connectivity index (χ2v) is 4.79. The zero-order valence-corrected chi connectivity index (χ0v) is 11.7. The van der Waals surface area contributed by atoms with E-state index in [9.17, 15) is 4.79 Å². The number of anilines is 1. The molecule has 5 nitrogen and oxygen atoms in total. The van der Waals surface area contributed by atoms with Gasteiger partial charge in [0.1, 0.15) is 12.7 Å². The van der Waals surface area contributed by atoms with Crippen molar-refractivity contribution in [3.05, 3.63) is 35.9 Å². The molecule has 0 fully saturated rings. The Morgan fingerprint density at radius 1 is 1.53 bits per heavy atom. The van der Waals surface area contributed by atoms with Crippen LogP contribution in [0.1, 0.15) is 6.92 Å². The fourth-order valence-corrected chi connectivity index (χ4v) is 1.78. The first kappa shape index (κ1) is 13.8. The van der Waals surface area contributed by atoms with Gasteiger partial charge in [-0.25, -0.2) is 9.67 Å². The van der Waals surface area contributed by atoms with Crippen molar-refractivity contribution in [2.45, 2.75) is 6.92 Å². The monoisotopic (exact) mass is 298 g/mol. The number of amides is 1. The van der Waals surface area contributed by atoms with Crippen molar-refractivity contribution in [1.29, 1.82) is 0 Å². The second kappa shape index (κ2) is 6.04. The van der Waals surface area contributed by atoms with Gasteiger partial charge >= 0.3 is 0 Å². The number of aromatic nitrogens is 3. The average molecular weight is 299 g/mol. The van der Waals surface area contributed by atoms with Crippen LogP contribution in [-0.2, 0) is 4.79 Å². The van der Waals surface area contributed by atoms with Crippen molar-refractivity contribution in [3.8, 4) is 5.69 Å². The van der Waals surface area contributed by atoms with Crippen LogP contribution in [0.25, 0.3) is 5.69 Å². The van der Waals surface area contributed by atoms with Crippen LogP contribution in [0, 0.1) is 5.92 Å². The van der Waals surface area contributed by atoms with Gasteiger partial charge in [-0.1, -0.05) is 18.5 Å². The summed E-state index contributed by atoms with van der Waals surface area (Å²) >= 11 is 11.6. The van der Waals surface area contributed by atoms with Gasteiger partial charge in [-0.15, -0.1) is 11.6 Å². The van der Waals surface area contributed by atoms with Gasteiger partial charge in [-0.3, -0.25) is 4.79 Å².